The summed E-state index contributed by atoms with van der Waals surface area (Å²) in [5, 5.41) is 2.26. The molecule has 4 heteroatoms. The molecule has 3 rings (SSSR count). The maximum absolute atomic E-state index is 12.3. The van der Waals surface area contributed by atoms with Gasteiger partial charge in [0.05, 0.1) is 18.8 Å². The lowest BCUT2D eigenvalue weighted by Crippen LogP contribution is -2.12. The first-order valence-electron chi connectivity index (χ1n) is 14.6. The molecule has 0 N–H and O–H groups in total. The zero-order valence-electron chi connectivity index (χ0n) is 23.7. The molecular formula is C34H46O4. The van der Waals surface area contributed by atoms with Gasteiger partial charge in [-0.3, -0.25) is 0 Å². The highest BCUT2D eigenvalue weighted by atomic mass is 16.5. The second-order valence-electron chi connectivity index (χ2n) is 10.5. The van der Waals surface area contributed by atoms with Gasteiger partial charge in [0.25, 0.3) is 0 Å². The summed E-state index contributed by atoms with van der Waals surface area (Å²) in [7, 11) is 0. The summed E-state index contributed by atoms with van der Waals surface area (Å²) in [6.07, 6.45) is 12.6. The highest BCUT2D eigenvalue weighted by Gasteiger charge is 2.10. The average Bonchev–Trinajstić information content (AvgIpc) is 2.94. The molecule has 206 valence electrons. The number of benzene rings is 3. The van der Waals surface area contributed by atoms with E-state index < -0.39 is 0 Å². The van der Waals surface area contributed by atoms with E-state index in [9.17, 15) is 4.79 Å². The summed E-state index contributed by atoms with van der Waals surface area (Å²) in [5.41, 5.74) is 1.58. The van der Waals surface area contributed by atoms with Crippen molar-refractivity contribution in [2.75, 3.05) is 13.2 Å². The quantitative estimate of drug-likeness (QED) is 0.124. The highest BCUT2D eigenvalue weighted by molar-refractivity contribution is 5.89. The second-order valence-corrected chi connectivity index (χ2v) is 10.5. The maximum atomic E-state index is 12.3. The Bertz CT molecular complexity index is 1090. The van der Waals surface area contributed by atoms with Gasteiger partial charge in [0.2, 0.25) is 0 Å². The van der Waals surface area contributed by atoms with Crippen molar-refractivity contribution < 1.29 is 19.0 Å². The van der Waals surface area contributed by atoms with Crippen LogP contribution in [0.15, 0.2) is 60.7 Å². The molecule has 0 saturated heterocycles. The van der Waals surface area contributed by atoms with Crippen LogP contribution in [0.2, 0.25) is 0 Å². The average molecular weight is 519 g/mol. The Kier molecular flexibility index (Phi) is 13.0. The van der Waals surface area contributed by atoms with Gasteiger partial charge in [0, 0.05) is 0 Å². The van der Waals surface area contributed by atoms with Crippen LogP contribution < -0.4 is 9.47 Å². The van der Waals surface area contributed by atoms with Gasteiger partial charge in [-0.15, -0.1) is 0 Å². The minimum absolute atomic E-state index is 0.267. The van der Waals surface area contributed by atoms with Crippen LogP contribution in [-0.4, -0.2) is 19.2 Å². The Morgan fingerprint density at radius 1 is 0.711 bits per heavy atom. The van der Waals surface area contributed by atoms with Crippen molar-refractivity contribution in [2.24, 2.45) is 5.92 Å². The van der Waals surface area contributed by atoms with E-state index in [1.165, 1.54) is 44.9 Å². The molecule has 0 spiro atoms. The standard InChI is InChI=1S/C34H46O4/c1-4-6-7-8-9-10-11-12-22-36-32-20-18-31-24-33(21-19-30(31)23-32)37-26-28-14-16-29(17-15-28)34(35)38-25-27(3)13-5-2/h14-21,23-24,27H,4-13,22,25-26H2,1-3H3/t27-/m1/s1. The summed E-state index contributed by atoms with van der Waals surface area (Å²) in [4.78, 5) is 12.3. The van der Waals surface area contributed by atoms with E-state index in [0.29, 0.717) is 24.7 Å². The first-order valence-corrected chi connectivity index (χ1v) is 14.6. The molecule has 0 aliphatic carbocycles. The largest absolute Gasteiger partial charge is 0.494 e. The molecule has 0 amide bonds. The normalized spacial score (nSPS) is 11.9. The molecule has 0 unspecified atom stereocenters. The SMILES string of the molecule is CCCCCCCCCCOc1ccc2cc(OCc3ccc(C(=O)OC[C@H](C)CCC)cc3)ccc2c1. The van der Waals surface area contributed by atoms with Crippen LogP contribution in [0, 0.1) is 5.92 Å². The fraction of sp³-hybridized carbons (Fsp3) is 0.500. The topological polar surface area (TPSA) is 44.8 Å². The number of rotatable bonds is 18. The number of hydrogen-bond acceptors (Lipinski definition) is 4. The zero-order valence-corrected chi connectivity index (χ0v) is 23.7. The van der Waals surface area contributed by atoms with Crippen molar-refractivity contribution in [2.45, 2.75) is 91.6 Å². The van der Waals surface area contributed by atoms with E-state index in [0.717, 1.165) is 53.7 Å². The summed E-state index contributed by atoms with van der Waals surface area (Å²) in [5.74, 6) is 1.86. The van der Waals surface area contributed by atoms with E-state index in [4.69, 9.17) is 14.2 Å². The number of fused-ring (bicyclic) bond motifs is 1. The van der Waals surface area contributed by atoms with Crippen molar-refractivity contribution in [1.29, 1.82) is 0 Å². The lowest BCUT2D eigenvalue weighted by molar-refractivity contribution is 0.0443. The minimum atomic E-state index is -0.267. The number of hydrogen-bond donors (Lipinski definition) is 0. The molecule has 4 nitrogen and oxygen atoms in total. The van der Waals surface area contributed by atoms with Crippen LogP contribution >= 0.6 is 0 Å². The van der Waals surface area contributed by atoms with Crippen LogP contribution in [0.25, 0.3) is 10.8 Å². The third-order valence-corrected chi connectivity index (χ3v) is 6.93. The first kappa shape index (κ1) is 29.5. The Labute approximate surface area is 229 Å². The van der Waals surface area contributed by atoms with Crippen LogP contribution in [0.3, 0.4) is 0 Å². The molecule has 0 aliphatic rings. The molecule has 0 aliphatic heterocycles. The maximum Gasteiger partial charge on any atom is 0.338 e. The summed E-state index contributed by atoms with van der Waals surface area (Å²) in [6, 6.07) is 19.8. The van der Waals surface area contributed by atoms with Crippen LogP contribution in [-0.2, 0) is 11.3 Å². The first-order chi connectivity index (χ1) is 18.6. The van der Waals surface area contributed by atoms with Crippen molar-refractivity contribution >= 4 is 16.7 Å². The smallest absolute Gasteiger partial charge is 0.338 e. The third-order valence-electron chi connectivity index (χ3n) is 6.93. The van der Waals surface area contributed by atoms with Gasteiger partial charge in [-0.05, 0) is 71.5 Å². The van der Waals surface area contributed by atoms with E-state index >= 15 is 0 Å². The molecule has 0 bridgehead atoms. The van der Waals surface area contributed by atoms with Crippen LogP contribution in [0.1, 0.15) is 101 Å². The number of ether oxygens (including phenoxy) is 3. The number of carbonyl (C=O) groups excluding carboxylic acids is 1. The molecule has 0 heterocycles. The third kappa shape index (κ3) is 10.4. The molecule has 1 atom stereocenters. The summed E-state index contributed by atoms with van der Waals surface area (Å²) < 4.78 is 17.5. The Hall–Kier alpha value is -3.01. The van der Waals surface area contributed by atoms with Gasteiger partial charge in [-0.25, -0.2) is 4.79 Å². The van der Waals surface area contributed by atoms with Crippen molar-refractivity contribution in [3.05, 3.63) is 71.8 Å². The van der Waals surface area contributed by atoms with Crippen molar-refractivity contribution in [1.82, 2.24) is 0 Å². The summed E-state index contributed by atoms with van der Waals surface area (Å²) in [6.45, 7) is 8.18. The van der Waals surface area contributed by atoms with Crippen LogP contribution in [0.5, 0.6) is 11.5 Å². The van der Waals surface area contributed by atoms with Gasteiger partial charge in [0.15, 0.2) is 0 Å². The fourth-order valence-electron chi connectivity index (χ4n) is 4.59. The summed E-state index contributed by atoms with van der Waals surface area (Å²) >= 11 is 0. The fourth-order valence-corrected chi connectivity index (χ4v) is 4.59. The van der Waals surface area contributed by atoms with E-state index in [2.05, 4.69) is 45.0 Å². The van der Waals surface area contributed by atoms with Gasteiger partial charge < -0.3 is 14.2 Å². The Balaban J connectivity index is 1.40. The molecule has 3 aromatic carbocycles. The molecule has 38 heavy (non-hydrogen) atoms. The number of esters is 1. The molecule has 0 saturated carbocycles. The second kappa shape index (κ2) is 16.8. The number of unbranched alkanes of at least 4 members (excludes halogenated alkanes) is 7. The van der Waals surface area contributed by atoms with Crippen LogP contribution in [0.4, 0.5) is 0 Å². The molecular weight excluding hydrogens is 472 g/mol. The van der Waals surface area contributed by atoms with Crippen molar-refractivity contribution in [3.63, 3.8) is 0 Å². The Morgan fingerprint density at radius 3 is 1.95 bits per heavy atom. The predicted octanol–water partition coefficient (Wildman–Crippen LogP) is 9.53. The Morgan fingerprint density at radius 2 is 1.32 bits per heavy atom. The zero-order chi connectivity index (χ0) is 27.0. The highest BCUT2D eigenvalue weighted by Crippen LogP contribution is 2.26. The molecule has 0 fully saturated rings. The monoisotopic (exact) mass is 518 g/mol. The van der Waals surface area contributed by atoms with Gasteiger partial charge in [-0.1, -0.05) is 96.4 Å². The molecule has 0 radical (unpaired) electrons. The van der Waals surface area contributed by atoms with Gasteiger partial charge in [-0.2, -0.15) is 0 Å². The van der Waals surface area contributed by atoms with Crippen molar-refractivity contribution in [3.8, 4) is 11.5 Å². The predicted molar refractivity (Wildman–Crippen MR) is 157 cm³/mol. The lowest BCUT2D eigenvalue weighted by atomic mass is 10.1. The lowest BCUT2D eigenvalue weighted by Gasteiger charge is -2.11. The molecule has 0 aromatic heterocycles. The minimum Gasteiger partial charge on any atom is -0.494 e. The van der Waals surface area contributed by atoms with Gasteiger partial charge in [0.1, 0.15) is 18.1 Å². The number of carbonyl (C=O) groups is 1. The molecule has 3 aromatic rings. The van der Waals surface area contributed by atoms with E-state index in [-0.39, 0.29) is 5.97 Å². The van der Waals surface area contributed by atoms with E-state index in [1.54, 1.807) is 12.1 Å². The van der Waals surface area contributed by atoms with E-state index in [1.807, 2.05) is 24.3 Å². The van der Waals surface area contributed by atoms with Gasteiger partial charge >= 0.3 is 5.97 Å².